The second-order valence-corrected chi connectivity index (χ2v) is 8.61. The number of carboxylic acid groups (broad SMARTS) is 1. The van der Waals surface area contributed by atoms with Crippen molar-refractivity contribution in [3.05, 3.63) is 62.5 Å². The Hall–Kier alpha value is -2.42. The molecule has 15 heteroatoms. The highest BCUT2D eigenvalue weighted by Crippen LogP contribution is 2.51. The summed E-state index contributed by atoms with van der Waals surface area (Å²) in [5.74, 6) is -3.48. The molecule has 0 saturated carbocycles. The topological polar surface area (TPSA) is 78.4 Å². The van der Waals surface area contributed by atoms with E-state index in [0.717, 1.165) is 6.07 Å². The van der Waals surface area contributed by atoms with E-state index >= 15 is 0 Å². The minimum Gasteiger partial charge on any atom is -0.481 e. The maximum absolute atomic E-state index is 14.7. The maximum Gasteiger partial charge on any atom is 0.435 e. The van der Waals surface area contributed by atoms with Crippen molar-refractivity contribution in [1.82, 2.24) is 5.32 Å². The highest BCUT2D eigenvalue weighted by Gasteiger charge is 2.73. The van der Waals surface area contributed by atoms with Gasteiger partial charge in [-0.1, -0.05) is 12.6 Å². The van der Waals surface area contributed by atoms with Gasteiger partial charge in [-0.2, -0.15) is 26.3 Å². The Morgan fingerprint density at radius 2 is 1.63 bits per heavy atom. The quantitative estimate of drug-likeness (QED) is 0.206. The number of anilines is 1. The summed E-state index contributed by atoms with van der Waals surface area (Å²) < 4.78 is 106. The molecular weight excluding hydrogens is 628 g/mol. The van der Waals surface area contributed by atoms with Crippen LogP contribution in [0.15, 0.2) is 51.1 Å². The van der Waals surface area contributed by atoms with E-state index in [1.54, 1.807) is 0 Å². The summed E-state index contributed by atoms with van der Waals surface area (Å²) in [6.45, 7) is 3.45. The number of carbonyl (C=O) groups excluding carboxylic acids is 1. The Morgan fingerprint density at radius 1 is 1.09 bits per heavy atom. The highest BCUT2D eigenvalue weighted by atomic mass is 79.9. The fraction of sp³-hybridized carbons (Fsp3) is 0.300. The van der Waals surface area contributed by atoms with Crippen LogP contribution in [0.25, 0.3) is 0 Å². The van der Waals surface area contributed by atoms with Crippen LogP contribution in [-0.2, 0) is 4.79 Å². The van der Waals surface area contributed by atoms with Crippen molar-refractivity contribution in [2.45, 2.75) is 31.4 Å². The number of aliphatic carboxylic acids is 1. The summed E-state index contributed by atoms with van der Waals surface area (Å²) in [5.41, 5.74) is -8.87. The van der Waals surface area contributed by atoms with E-state index in [4.69, 9.17) is 5.11 Å². The molecule has 0 bridgehead atoms. The Balaban J connectivity index is 3.39. The first-order valence-electron chi connectivity index (χ1n) is 9.15. The Bertz CT molecular complexity index is 1050. The van der Waals surface area contributed by atoms with Crippen molar-refractivity contribution in [2.75, 3.05) is 11.9 Å². The summed E-state index contributed by atoms with van der Waals surface area (Å²) in [7, 11) is 0. The molecule has 1 aromatic rings. The van der Waals surface area contributed by atoms with Crippen LogP contribution in [0.4, 0.5) is 40.8 Å². The van der Waals surface area contributed by atoms with Crippen LogP contribution in [0.1, 0.15) is 23.7 Å². The van der Waals surface area contributed by atoms with Gasteiger partial charge in [-0.25, -0.2) is 8.78 Å². The van der Waals surface area contributed by atoms with E-state index in [0.29, 0.717) is 0 Å². The fourth-order valence-electron chi connectivity index (χ4n) is 2.56. The number of allylic oxidation sites excluding steroid dienone is 4. The number of nitrogens with one attached hydrogen (secondary N) is 2. The third-order valence-corrected chi connectivity index (χ3v) is 5.34. The monoisotopic (exact) mass is 642 g/mol. The molecule has 5 nitrogen and oxygen atoms in total. The molecule has 1 aromatic carbocycles. The summed E-state index contributed by atoms with van der Waals surface area (Å²) in [4.78, 5) is 23.1. The number of amides is 1. The third-order valence-electron chi connectivity index (χ3n) is 4.31. The zero-order valence-electron chi connectivity index (χ0n) is 17.5. The molecule has 0 aliphatic carbocycles. The van der Waals surface area contributed by atoms with E-state index in [9.17, 15) is 44.7 Å². The minimum absolute atomic E-state index is 0.156. The van der Waals surface area contributed by atoms with E-state index in [1.165, 1.54) is 12.1 Å². The molecule has 0 atom stereocenters. The van der Waals surface area contributed by atoms with Crippen molar-refractivity contribution < 1.29 is 49.8 Å². The van der Waals surface area contributed by atoms with Crippen LogP contribution in [0.2, 0.25) is 0 Å². The van der Waals surface area contributed by atoms with Gasteiger partial charge in [0.2, 0.25) is 0 Å². The Kier molecular flexibility index (Phi) is 10.1. The van der Waals surface area contributed by atoms with Gasteiger partial charge in [0.05, 0.1) is 23.4 Å². The Morgan fingerprint density at radius 3 is 2.09 bits per heavy atom. The molecule has 194 valence electrons. The molecule has 0 saturated heterocycles. The second-order valence-electron chi connectivity index (χ2n) is 6.80. The van der Waals surface area contributed by atoms with Crippen LogP contribution < -0.4 is 10.6 Å². The molecule has 0 heterocycles. The van der Waals surface area contributed by atoms with Crippen LogP contribution >= 0.6 is 31.9 Å². The number of rotatable bonds is 9. The molecule has 0 aromatic heterocycles. The number of hydrogen-bond donors (Lipinski definition) is 3. The van der Waals surface area contributed by atoms with Crippen LogP contribution in [0, 0.1) is 5.82 Å². The molecule has 0 radical (unpaired) electrons. The zero-order valence-corrected chi connectivity index (χ0v) is 20.6. The van der Waals surface area contributed by atoms with Crippen LogP contribution in [0.3, 0.4) is 0 Å². The van der Waals surface area contributed by atoms with Crippen molar-refractivity contribution >= 4 is 49.4 Å². The minimum atomic E-state index is -6.34. The molecule has 35 heavy (non-hydrogen) atoms. The first-order chi connectivity index (χ1) is 15.8. The number of alkyl halides is 7. The van der Waals surface area contributed by atoms with Gasteiger partial charge in [0.1, 0.15) is 0 Å². The molecule has 0 aliphatic heterocycles. The zero-order chi connectivity index (χ0) is 27.4. The molecule has 0 fully saturated rings. The first-order valence-corrected chi connectivity index (χ1v) is 10.7. The van der Waals surface area contributed by atoms with E-state index in [2.05, 4.69) is 49.1 Å². The molecule has 1 rings (SSSR count). The average molecular weight is 644 g/mol. The van der Waals surface area contributed by atoms with Gasteiger partial charge in [0, 0.05) is 15.5 Å². The van der Waals surface area contributed by atoms with Crippen molar-refractivity contribution in [2.24, 2.45) is 0 Å². The largest absolute Gasteiger partial charge is 0.481 e. The molecule has 1 amide bonds. The smallest absolute Gasteiger partial charge is 0.435 e. The number of hydrogen-bond acceptors (Lipinski definition) is 3. The van der Waals surface area contributed by atoms with E-state index in [-0.39, 0.29) is 36.1 Å². The number of halogens is 10. The highest BCUT2D eigenvalue weighted by molar-refractivity contribution is 9.12. The standard InChI is InChI=1S/C20H16Br2F8N2O3/c1-9(18(24,19(25,26)27)20(28,29)30)8-12(22)16(10(2)21)32-17(35)11-4-3-5-13(15(11)23)31-7-6-14(33)34/h3-5,8,31H,2,6-7H2,1H3,(H,32,35)(H,33,34)/b9-8+,16-12-. The third kappa shape index (κ3) is 7.29. The molecular formula is C20H16Br2F8N2O3. The predicted octanol–water partition coefficient (Wildman–Crippen LogP) is 6.74. The predicted molar refractivity (Wildman–Crippen MR) is 118 cm³/mol. The van der Waals surface area contributed by atoms with Gasteiger partial charge in [-0.15, -0.1) is 0 Å². The van der Waals surface area contributed by atoms with Gasteiger partial charge in [0.15, 0.2) is 5.82 Å². The fourth-order valence-corrected chi connectivity index (χ4v) is 3.82. The van der Waals surface area contributed by atoms with Gasteiger partial charge < -0.3 is 15.7 Å². The first kappa shape index (κ1) is 30.6. The number of benzene rings is 1. The SMILES string of the molecule is C=C(Br)/C(NC(=O)c1cccc(NCCC(=O)O)c1F)=C(Br)\C=C(/C)C(F)(C(F)(F)F)C(F)(F)F. The lowest BCUT2D eigenvalue weighted by Crippen LogP contribution is -2.54. The van der Waals surface area contributed by atoms with E-state index in [1.807, 2.05) is 0 Å². The van der Waals surface area contributed by atoms with Crippen molar-refractivity contribution in [3.8, 4) is 0 Å². The lowest BCUT2D eigenvalue weighted by Gasteiger charge is -2.30. The molecule has 0 aliphatic rings. The second kappa shape index (κ2) is 11.5. The van der Waals surface area contributed by atoms with E-state index < -0.39 is 57.0 Å². The van der Waals surface area contributed by atoms with Crippen LogP contribution in [-0.4, -0.2) is 41.5 Å². The normalized spacial score (nSPS) is 13.7. The summed E-state index contributed by atoms with van der Waals surface area (Å²) in [5, 5.41) is 13.2. The average Bonchev–Trinajstić information content (AvgIpc) is 2.69. The maximum atomic E-state index is 14.7. The van der Waals surface area contributed by atoms with Crippen LogP contribution in [0.5, 0.6) is 0 Å². The van der Waals surface area contributed by atoms with Crippen molar-refractivity contribution in [3.63, 3.8) is 0 Å². The lowest BCUT2D eigenvalue weighted by molar-refractivity contribution is -0.326. The van der Waals surface area contributed by atoms with Gasteiger partial charge >= 0.3 is 24.0 Å². The molecule has 0 spiro atoms. The lowest BCUT2D eigenvalue weighted by atomic mass is 9.94. The Labute approximate surface area is 210 Å². The van der Waals surface area contributed by atoms with Crippen molar-refractivity contribution in [1.29, 1.82) is 0 Å². The molecule has 3 N–H and O–H groups in total. The summed E-state index contributed by atoms with van der Waals surface area (Å²) in [6, 6.07) is 3.44. The summed E-state index contributed by atoms with van der Waals surface area (Å²) in [6.07, 6.45) is -12.9. The number of carboxylic acids is 1. The molecule has 0 unspecified atom stereocenters. The van der Waals surface area contributed by atoms with Gasteiger partial charge in [0.25, 0.3) is 5.91 Å². The van der Waals surface area contributed by atoms with Gasteiger partial charge in [-0.05, 0) is 62.6 Å². The summed E-state index contributed by atoms with van der Waals surface area (Å²) >= 11 is 5.50. The van der Waals surface area contributed by atoms with Gasteiger partial charge in [-0.3, -0.25) is 9.59 Å². The number of carbonyl (C=O) groups is 2.